The fourth-order valence-electron chi connectivity index (χ4n) is 3.59. The highest BCUT2D eigenvalue weighted by Crippen LogP contribution is 2.29. The number of ether oxygens (including phenoxy) is 2. The Morgan fingerprint density at radius 1 is 1.03 bits per heavy atom. The number of piperazine rings is 1. The zero-order chi connectivity index (χ0) is 21.3. The molecule has 0 bridgehead atoms. The lowest BCUT2D eigenvalue weighted by Crippen LogP contribution is -2.49. The Balaban J connectivity index is 1.47. The quantitative estimate of drug-likeness (QED) is 0.658. The van der Waals surface area contributed by atoms with Crippen molar-refractivity contribution in [1.29, 1.82) is 0 Å². The van der Waals surface area contributed by atoms with Crippen LogP contribution in [0.25, 0.3) is 0 Å². The largest absolute Gasteiger partial charge is 0.492 e. The summed E-state index contributed by atoms with van der Waals surface area (Å²) in [6.45, 7) is 8.29. The van der Waals surface area contributed by atoms with Gasteiger partial charge in [0, 0.05) is 39.6 Å². The van der Waals surface area contributed by atoms with Crippen LogP contribution in [0.3, 0.4) is 0 Å². The van der Waals surface area contributed by atoms with E-state index in [0.717, 1.165) is 37.6 Å². The number of benzene rings is 2. The maximum atomic E-state index is 11.3. The number of nitrogens with one attached hydrogen (secondary N) is 1. The predicted molar refractivity (Wildman–Crippen MR) is 119 cm³/mol. The number of hydrogen-bond donors (Lipinski definition) is 2. The van der Waals surface area contributed by atoms with E-state index in [0.29, 0.717) is 24.6 Å². The molecular weight excluding hydrogens is 382 g/mol. The molecule has 162 valence electrons. The number of rotatable bonds is 9. The van der Waals surface area contributed by atoms with Gasteiger partial charge < -0.3 is 24.8 Å². The normalized spacial score (nSPS) is 15.5. The summed E-state index contributed by atoms with van der Waals surface area (Å²) in [5.74, 6) is 1.32. The van der Waals surface area contributed by atoms with Crippen molar-refractivity contribution in [3.05, 3.63) is 48.5 Å². The predicted octanol–water partition coefficient (Wildman–Crippen LogP) is 2.61. The Bertz CT molecular complexity index is 822. The van der Waals surface area contributed by atoms with Crippen LogP contribution in [0.4, 0.5) is 11.4 Å². The van der Waals surface area contributed by atoms with E-state index >= 15 is 0 Å². The highest BCUT2D eigenvalue weighted by Gasteiger charge is 2.21. The van der Waals surface area contributed by atoms with Gasteiger partial charge in [-0.2, -0.15) is 0 Å². The van der Waals surface area contributed by atoms with E-state index in [1.807, 2.05) is 37.3 Å². The molecule has 2 aromatic carbocycles. The molecule has 1 aliphatic heterocycles. The Hall–Kier alpha value is -2.77. The molecule has 7 nitrogen and oxygen atoms in total. The molecule has 1 atom stereocenters. The third kappa shape index (κ3) is 6.11. The average Bonchev–Trinajstić information content (AvgIpc) is 2.74. The van der Waals surface area contributed by atoms with Crippen molar-refractivity contribution in [3.8, 4) is 11.5 Å². The van der Waals surface area contributed by atoms with E-state index in [-0.39, 0.29) is 12.5 Å². The van der Waals surface area contributed by atoms with Gasteiger partial charge >= 0.3 is 0 Å². The maximum absolute atomic E-state index is 11.3. The molecule has 0 aromatic heterocycles. The molecular formula is C23H31N3O4. The average molecular weight is 414 g/mol. The third-order valence-electron chi connectivity index (χ3n) is 4.98. The van der Waals surface area contributed by atoms with Gasteiger partial charge in [-0.15, -0.1) is 0 Å². The molecule has 1 saturated heterocycles. The van der Waals surface area contributed by atoms with Gasteiger partial charge in [0.2, 0.25) is 5.91 Å². The molecule has 7 heteroatoms. The lowest BCUT2D eigenvalue weighted by molar-refractivity contribution is -0.114. The van der Waals surface area contributed by atoms with E-state index in [1.54, 1.807) is 12.1 Å². The van der Waals surface area contributed by atoms with E-state index in [4.69, 9.17) is 9.47 Å². The van der Waals surface area contributed by atoms with Gasteiger partial charge in [0.1, 0.15) is 24.2 Å². The first-order chi connectivity index (χ1) is 14.6. The van der Waals surface area contributed by atoms with Gasteiger partial charge in [-0.3, -0.25) is 9.69 Å². The monoisotopic (exact) mass is 413 g/mol. The van der Waals surface area contributed by atoms with Crippen LogP contribution in [0.1, 0.15) is 13.8 Å². The molecule has 0 aliphatic carbocycles. The standard InChI is InChI=1S/C23H31N3O4/c1-3-29-23-11-7-5-9-21(23)26-14-12-25(13-15-26)16-19(28)17-30-22-10-6-4-8-20(22)24-18(2)27/h4-11,19,28H,3,12-17H2,1-2H3,(H,24,27). The number of aliphatic hydroxyl groups is 1. The second-order valence-corrected chi connectivity index (χ2v) is 7.33. The molecule has 0 spiro atoms. The Kier molecular flexibility index (Phi) is 7.93. The summed E-state index contributed by atoms with van der Waals surface area (Å²) in [4.78, 5) is 15.9. The summed E-state index contributed by atoms with van der Waals surface area (Å²) in [7, 11) is 0. The number of para-hydroxylation sites is 4. The molecule has 0 radical (unpaired) electrons. The van der Waals surface area contributed by atoms with Crippen molar-refractivity contribution in [3.63, 3.8) is 0 Å². The lowest BCUT2D eigenvalue weighted by atomic mass is 10.2. The highest BCUT2D eigenvalue weighted by atomic mass is 16.5. The summed E-state index contributed by atoms with van der Waals surface area (Å²) >= 11 is 0. The number of amides is 1. The van der Waals surface area contributed by atoms with Gasteiger partial charge in [0.25, 0.3) is 0 Å². The van der Waals surface area contributed by atoms with Crippen LogP contribution in [0.5, 0.6) is 11.5 Å². The number of nitrogens with zero attached hydrogens (tertiary/aromatic N) is 2. The number of β-amino-alcohol motifs (C(OH)–C–C–N with tert-alkyl or cyclic N) is 1. The lowest BCUT2D eigenvalue weighted by Gasteiger charge is -2.37. The van der Waals surface area contributed by atoms with Crippen molar-refractivity contribution in [2.75, 3.05) is 56.2 Å². The molecule has 1 amide bonds. The van der Waals surface area contributed by atoms with Crippen LogP contribution in [0.2, 0.25) is 0 Å². The van der Waals surface area contributed by atoms with Crippen LogP contribution in [-0.4, -0.2) is 68.0 Å². The number of anilines is 2. The van der Waals surface area contributed by atoms with Gasteiger partial charge in [-0.25, -0.2) is 0 Å². The van der Waals surface area contributed by atoms with Crippen molar-refractivity contribution < 1.29 is 19.4 Å². The summed E-state index contributed by atoms with van der Waals surface area (Å²) in [6.07, 6.45) is -0.613. The van der Waals surface area contributed by atoms with Crippen LogP contribution in [0.15, 0.2) is 48.5 Å². The minimum atomic E-state index is -0.613. The van der Waals surface area contributed by atoms with Crippen molar-refractivity contribution >= 4 is 17.3 Å². The molecule has 1 unspecified atom stereocenters. The zero-order valence-corrected chi connectivity index (χ0v) is 17.7. The van der Waals surface area contributed by atoms with Gasteiger partial charge in [0.15, 0.2) is 0 Å². The molecule has 2 aromatic rings. The van der Waals surface area contributed by atoms with E-state index in [9.17, 15) is 9.90 Å². The van der Waals surface area contributed by atoms with Gasteiger partial charge in [-0.1, -0.05) is 24.3 Å². The van der Waals surface area contributed by atoms with Crippen LogP contribution < -0.4 is 19.7 Å². The molecule has 1 aliphatic rings. The van der Waals surface area contributed by atoms with Crippen molar-refractivity contribution in [2.45, 2.75) is 20.0 Å². The third-order valence-corrected chi connectivity index (χ3v) is 4.98. The molecule has 2 N–H and O–H groups in total. The smallest absolute Gasteiger partial charge is 0.221 e. The van der Waals surface area contributed by atoms with E-state index in [2.05, 4.69) is 21.2 Å². The van der Waals surface area contributed by atoms with E-state index in [1.165, 1.54) is 6.92 Å². The zero-order valence-electron chi connectivity index (χ0n) is 17.7. The maximum Gasteiger partial charge on any atom is 0.221 e. The fourth-order valence-corrected chi connectivity index (χ4v) is 3.59. The summed E-state index contributed by atoms with van der Waals surface area (Å²) in [6, 6.07) is 15.4. The number of carbonyl (C=O) groups is 1. The summed E-state index contributed by atoms with van der Waals surface area (Å²) in [5.41, 5.74) is 1.73. The Morgan fingerprint density at radius 3 is 2.40 bits per heavy atom. The Morgan fingerprint density at radius 2 is 1.70 bits per heavy atom. The van der Waals surface area contributed by atoms with Crippen LogP contribution in [-0.2, 0) is 4.79 Å². The Labute approximate surface area is 178 Å². The van der Waals surface area contributed by atoms with Crippen LogP contribution in [0, 0.1) is 0 Å². The highest BCUT2D eigenvalue weighted by molar-refractivity contribution is 5.90. The molecule has 30 heavy (non-hydrogen) atoms. The summed E-state index contributed by atoms with van der Waals surface area (Å²) < 4.78 is 11.5. The molecule has 3 rings (SSSR count). The summed E-state index contributed by atoms with van der Waals surface area (Å²) in [5, 5.41) is 13.2. The van der Waals surface area contributed by atoms with Crippen molar-refractivity contribution in [1.82, 2.24) is 4.90 Å². The van der Waals surface area contributed by atoms with Crippen LogP contribution >= 0.6 is 0 Å². The number of carbonyl (C=O) groups excluding carboxylic acids is 1. The second kappa shape index (κ2) is 10.8. The molecule has 1 heterocycles. The molecule has 0 saturated carbocycles. The van der Waals surface area contributed by atoms with Gasteiger partial charge in [0.05, 0.1) is 18.0 Å². The SMILES string of the molecule is CCOc1ccccc1N1CCN(CC(O)COc2ccccc2NC(C)=O)CC1. The minimum Gasteiger partial charge on any atom is -0.492 e. The minimum absolute atomic E-state index is 0.157. The first kappa shape index (κ1) is 21.9. The van der Waals surface area contributed by atoms with Gasteiger partial charge in [-0.05, 0) is 31.2 Å². The fraction of sp³-hybridized carbons (Fsp3) is 0.435. The van der Waals surface area contributed by atoms with E-state index < -0.39 is 6.10 Å². The molecule has 1 fully saturated rings. The van der Waals surface area contributed by atoms with Crippen molar-refractivity contribution in [2.24, 2.45) is 0 Å². The first-order valence-electron chi connectivity index (χ1n) is 10.4. The number of hydrogen-bond acceptors (Lipinski definition) is 6. The first-order valence-corrected chi connectivity index (χ1v) is 10.4. The topological polar surface area (TPSA) is 74.3 Å². The number of aliphatic hydroxyl groups excluding tert-OH is 1. The second-order valence-electron chi connectivity index (χ2n) is 7.33.